The molecule has 1 N–H and O–H groups in total. The van der Waals surface area contributed by atoms with Crippen LogP contribution in [0, 0.1) is 26.6 Å². The van der Waals surface area contributed by atoms with Crippen molar-refractivity contribution in [1.29, 1.82) is 0 Å². The Labute approximate surface area is 196 Å². The van der Waals surface area contributed by atoms with Crippen LogP contribution in [0.15, 0.2) is 54.2 Å². The highest BCUT2D eigenvalue weighted by molar-refractivity contribution is 6.14. The van der Waals surface area contributed by atoms with Gasteiger partial charge in [0.15, 0.2) is 0 Å². The first kappa shape index (κ1) is 23.0. The minimum Gasteiger partial charge on any atom is -0.465 e. The number of aromatic nitrogens is 1. The summed E-state index contributed by atoms with van der Waals surface area (Å²) in [6, 6.07) is 12.4. The van der Waals surface area contributed by atoms with Crippen molar-refractivity contribution in [3.05, 3.63) is 93.7 Å². The SMILES string of the molecule is COC(=O)c1cccc(-n2c(C)cc(/C=C3\NC(=O)N(Cc4ccc(F)cc4)C3=O)c2C)c1C. The molecule has 3 aromatic rings. The molecule has 34 heavy (non-hydrogen) atoms. The second-order valence-corrected chi connectivity index (χ2v) is 8.11. The molecule has 0 spiro atoms. The van der Waals surface area contributed by atoms with Gasteiger partial charge in [0.25, 0.3) is 5.91 Å². The molecule has 4 rings (SSSR count). The van der Waals surface area contributed by atoms with Gasteiger partial charge in [0.1, 0.15) is 11.5 Å². The molecule has 0 atom stereocenters. The summed E-state index contributed by atoms with van der Waals surface area (Å²) >= 11 is 0. The van der Waals surface area contributed by atoms with Gasteiger partial charge in [-0.05, 0) is 73.9 Å². The van der Waals surface area contributed by atoms with Gasteiger partial charge in [0, 0.05) is 17.1 Å². The maximum atomic E-state index is 13.2. The third-order valence-corrected chi connectivity index (χ3v) is 5.94. The lowest BCUT2D eigenvalue weighted by molar-refractivity contribution is -0.123. The smallest absolute Gasteiger partial charge is 0.338 e. The lowest BCUT2D eigenvalue weighted by atomic mass is 10.1. The van der Waals surface area contributed by atoms with E-state index < -0.39 is 17.9 Å². The van der Waals surface area contributed by atoms with Crippen LogP contribution in [-0.2, 0) is 16.1 Å². The Hall–Kier alpha value is -4.20. The fourth-order valence-corrected chi connectivity index (χ4v) is 4.14. The zero-order valence-corrected chi connectivity index (χ0v) is 19.3. The van der Waals surface area contributed by atoms with E-state index in [9.17, 15) is 18.8 Å². The number of rotatable bonds is 5. The number of urea groups is 1. The second-order valence-electron chi connectivity index (χ2n) is 8.11. The summed E-state index contributed by atoms with van der Waals surface area (Å²) in [4.78, 5) is 38.6. The van der Waals surface area contributed by atoms with Gasteiger partial charge in [0.2, 0.25) is 0 Å². The number of halogens is 1. The number of amides is 3. The van der Waals surface area contributed by atoms with E-state index in [1.165, 1.54) is 31.4 Å². The van der Waals surface area contributed by atoms with Gasteiger partial charge in [-0.15, -0.1) is 0 Å². The number of carbonyl (C=O) groups is 3. The summed E-state index contributed by atoms with van der Waals surface area (Å²) in [5.74, 6) is -1.25. The number of imide groups is 1. The van der Waals surface area contributed by atoms with Crippen LogP contribution in [0.25, 0.3) is 11.8 Å². The monoisotopic (exact) mass is 461 g/mol. The molecule has 0 saturated carbocycles. The summed E-state index contributed by atoms with van der Waals surface area (Å²) in [5.41, 5.74) is 5.37. The van der Waals surface area contributed by atoms with Gasteiger partial charge in [-0.25, -0.2) is 14.0 Å². The lowest BCUT2D eigenvalue weighted by Crippen LogP contribution is -2.30. The summed E-state index contributed by atoms with van der Waals surface area (Å²) in [6.07, 6.45) is 1.64. The van der Waals surface area contributed by atoms with Gasteiger partial charge >= 0.3 is 12.0 Å². The van der Waals surface area contributed by atoms with Crippen LogP contribution in [0.1, 0.15) is 38.4 Å². The number of nitrogens with zero attached hydrogens (tertiary/aromatic N) is 2. The standard InChI is InChI=1S/C26H24FN3O4/c1-15-12-19(17(3)30(15)23-7-5-6-21(16(23)2)25(32)34-4)13-22-24(31)29(26(33)28-22)14-18-8-10-20(27)11-9-18/h5-13H,14H2,1-4H3,(H,28,33)/b22-13-. The predicted octanol–water partition coefficient (Wildman–Crippen LogP) is 4.42. The van der Waals surface area contributed by atoms with E-state index in [0.29, 0.717) is 11.1 Å². The summed E-state index contributed by atoms with van der Waals surface area (Å²) in [6.45, 7) is 5.73. The Morgan fingerprint density at radius 3 is 2.47 bits per heavy atom. The Kier molecular flexibility index (Phi) is 6.06. The average Bonchev–Trinajstić information content (AvgIpc) is 3.24. The van der Waals surface area contributed by atoms with Gasteiger partial charge in [-0.2, -0.15) is 0 Å². The molecular weight excluding hydrogens is 437 g/mol. The first-order chi connectivity index (χ1) is 16.2. The van der Waals surface area contributed by atoms with Gasteiger partial charge in [-0.1, -0.05) is 18.2 Å². The maximum absolute atomic E-state index is 13.2. The Balaban J connectivity index is 1.66. The van der Waals surface area contributed by atoms with Crippen LogP contribution in [0.2, 0.25) is 0 Å². The van der Waals surface area contributed by atoms with E-state index in [2.05, 4.69) is 5.32 Å². The van der Waals surface area contributed by atoms with Crippen molar-refractivity contribution in [2.24, 2.45) is 0 Å². The number of benzene rings is 2. The minimum atomic E-state index is -0.531. The normalized spacial score (nSPS) is 14.6. The van der Waals surface area contributed by atoms with Crippen molar-refractivity contribution in [2.75, 3.05) is 7.11 Å². The fraction of sp³-hybridized carbons (Fsp3) is 0.192. The summed E-state index contributed by atoms with van der Waals surface area (Å²) < 4.78 is 20.0. The molecule has 1 fully saturated rings. The molecule has 1 aromatic heterocycles. The molecule has 0 unspecified atom stereocenters. The van der Waals surface area contributed by atoms with Gasteiger partial charge < -0.3 is 14.6 Å². The van der Waals surface area contributed by atoms with E-state index in [1.807, 2.05) is 37.5 Å². The maximum Gasteiger partial charge on any atom is 0.338 e. The van der Waals surface area contributed by atoms with Crippen LogP contribution in [-0.4, -0.2) is 34.5 Å². The molecule has 0 bridgehead atoms. The number of esters is 1. The summed E-state index contributed by atoms with van der Waals surface area (Å²) in [5, 5.41) is 2.63. The molecule has 0 aliphatic carbocycles. The quantitative estimate of drug-likeness (QED) is 0.347. The highest BCUT2D eigenvalue weighted by Crippen LogP contribution is 2.27. The van der Waals surface area contributed by atoms with E-state index in [1.54, 1.807) is 18.2 Å². The predicted molar refractivity (Wildman–Crippen MR) is 125 cm³/mol. The Morgan fingerprint density at radius 2 is 1.79 bits per heavy atom. The molecular formula is C26H24FN3O4. The topological polar surface area (TPSA) is 80.6 Å². The summed E-state index contributed by atoms with van der Waals surface area (Å²) in [7, 11) is 1.34. The van der Waals surface area contributed by atoms with E-state index in [-0.39, 0.29) is 18.1 Å². The third-order valence-electron chi connectivity index (χ3n) is 5.94. The molecule has 7 nitrogen and oxygen atoms in total. The number of aryl methyl sites for hydroxylation is 1. The molecule has 3 amide bonds. The van der Waals surface area contributed by atoms with Crippen LogP contribution in [0.5, 0.6) is 0 Å². The zero-order valence-electron chi connectivity index (χ0n) is 19.3. The van der Waals surface area contributed by atoms with Crippen molar-refractivity contribution in [2.45, 2.75) is 27.3 Å². The van der Waals surface area contributed by atoms with Crippen molar-refractivity contribution < 1.29 is 23.5 Å². The van der Waals surface area contributed by atoms with Crippen LogP contribution in [0.3, 0.4) is 0 Å². The highest BCUT2D eigenvalue weighted by Gasteiger charge is 2.33. The molecule has 2 aromatic carbocycles. The average molecular weight is 461 g/mol. The number of nitrogens with one attached hydrogen (secondary N) is 1. The van der Waals surface area contributed by atoms with Crippen molar-refractivity contribution in [1.82, 2.24) is 14.8 Å². The first-order valence-corrected chi connectivity index (χ1v) is 10.7. The van der Waals surface area contributed by atoms with E-state index in [4.69, 9.17) is 4.74 Å². The van der Waals surface area contributed by atoms with Crippen LogP contribution < -0.4 is 5.32 Å². The van der Waals surface area contributed by atoms with Crippen LogP contribution in [0.4, 0.5) is 9.18 Å². The Morgan fingerprint density at radius 1 is 1.09 bits per heavy atom. The van der Waals surface area contributed by atoms with E-state index >= 15 is 0 Å². The molecule has 2 heterocycles. The molecule has 0 radical (unpaired) electrons. The van der Waals surface area contributed by atoms with Crippen LogP contribution >= 0.6 is 0 Å². The second kappa shape index (κ2) is 8.97. The molecule has 1 aliphatic rings. The van der Waals surface area contributed by atoms with Crippen molar-refractivity contribution >= 4 is 24.0 Å². The number of hydrogen-bond donors (Lipinski definition) is 1. The van der Waals surface area contributed by atoms with Gasteiger partial charge in [0.05, 0.1) is 19.2 Å². The molecule has 8 heteroatoms. The lowest BCUT2D eigenvalue weighted by Gasteiger charge is -2.15. The molecule has 174 valence electrons. The number of methoxy groups -OCH3 is 1. The van der Waals surface area contributed by atoms with E-state index in [0.717, 1.165) is 33.1 Å². The van der Waals surface area contributed by atoms with Crippen molar-refractivity contribution in [3.63, 3.8) is 0 Å². The largest absolute Gasteiger partial charge is 0.465 e. The molecule has 1 saturated heterocycles. The third kappa shape index (κ3) is 4.10. The number of ether oxygens (including phenoxy) is 1. The van der Waals surface area contributed by atoms with Crippen molar-refractivity contribution in [3.8, 4) is 5.69 Å². The zero-order chi connectivity index (χ0) is 24.6. The number of carbonyl (C=O) groups excluding carboxylic acids is 3. The highest BCUT2D eigenvalue weighted by atomic mass is 19.1. The van der Waals surface area contributed by atoms with Gasteiger partial charge in [-0.3, -0.25) is 9.69 Å². The number of hydrogen-bond acceptors (Lipinski definition) is 4. The minimum absolute atomic E-state index is 0.0425. The first-order valence-electron chi connectivity index (χ1n) is 10.7. The molecule has 1 aliphatic heterocycles. The fourth-order valence-electron chi connectivity index (χ4n) is 4.14. The Bertz CT molecular complexity index is 1340.